The molecule has 0 saturated carbocycles. The van der Waals surface area contributed by atoms with Crippen molar-refractivity contribution in [1.29, 1.82) is 0 Å². The number of hydrogen-bond acceptors (Lipinski definition) is 3. The first-order valence-electron chi connectivity index (χ1n) is 3.41. The number of carbonyl (C=O) groups is 1. The smallest absolute Gasteiger partial charge is 0.409 e. The third-order valence-corrected chi connectivity index (χ3v) is 1.16. The molecular formula is C7H14NO3. The van der Waals surface area contributed by atoms with E-state index in [1.807, 2.05) is 0 Å². The molecule has 4 heteroatoms. The summed E-state index contributed by atoms with van der Waals surface area (Å²) in [5.74, 6) is 0. The second-order valence-electron chi connectivity index (χ2n) is 2.03. The molecule has 1 amide bonds. The predicted molar refractivity (Wildman–Crippen MR) is 41.0 cm³/mol. The molecule has 65 valence electrons. The van der Waals surface area contributed by atoms with Gasteiger partial charge in [0.1, 0.15) is 6.61 Å². The zero-order valence-corrected chi connectivity index (χ0v) is 7.16. The summed E-state index contributed by atoms with van der Waals surface area (Å²) in [5.41, 5.74) is 0. The number of nitrogens with zero attached hydrogens (tertiary/aromatic N) is 1. The maximum Gasteiger partial charge on any atom is 0.409 e. The largest absolute Gasteiger partial charge is 0.442 e. The number of ether oxygens (including phenoxy) is 2. The monoisotopic (exact) mass is 160 g/mol. The molecule has 0 heterocycles. The Balaban J connectivity index is 3.46. The van der Waals surface area contributed by atoms with Crippen molar-refractivity contribution < 1.29 is 14.3 Å². The third kappa shape index (κ3) is 4.61. The van der Waals surface area contributed by atoms with Crippen molar-refractivity contribution in [3.05, 3.63) is 6.61 Å². The number of likely N-dealkylation sites (N-methyl/N-ethyl adjacent to an activating group) is 1. The highest BCUT2D eigenvalue weighted by Gasteiger charge is 2.07. The van der Waals surface area contributed by atoms with E-state index in [9.17, 15) is 4.79 Å². The lowest BCUT2D eigenvalue weighted by Gasteiger charge is -2.14. The van der Waals surface area contributed by atoms with Crippen molar-refractivity contribution in [1.82, 2.24) is 4.90 Å². The van der Waals surface area contributed by atoms with Gasteiger partial charge in [-0.3, -0.25) is 0 Å². The highest BCUT2D eigenvalue weighted by atomic mass is 16.6. The first-order chi connectivity index (χ1) is 5.22. The fourth-order valence-corrected chi connectivity index (χ4v) is 0.510. The van der Waals surface area contributed by atoms with Gasteiger partial charge in [0, 0.05) is 20.7 Å². The molecule has 0 N–H and O–H groups in total. The molecular weight excluding hydrogens is 146 g/mol. The molecule has 1 radical (unpaired) electrons. The van der Waals surface area contributed by atoms with Crippen LogP contribution in [0, 0.1) is 6.61 Å². The van der Waals surface area contributed by atoms with Crippen LogP contribution in [-0.4, -0.2) is 38.3 Å². The maximum atomic E-state index is 10.9. The van der Waals surface area contributed by atoms with Gasteiger partial charge in [0.05, 0.1) is 6.61 Å². The van der Waals surface area contributed by atoms with E-state index in [1.165, 1.54) is 11.5 Å². The van der Waals surface area contributed by atoms with Crippen LogP contribution in [-0.2, 0) is 9.47 Å². The van der Waals surface area contributed by atoms with E-state index < -0.39 is 0 Å². The van der Waals surface area contributed by atoms with E-state index in [4.69, 9.17) is 4.74 Å². The molecule has 0 aliphatic carbocycles. The second-order valence-corrected chi connectivity index (χ2v) is 2.03. The van der Waals surface area contributed by atoms with Crippen LogP contribution in [0.15, 0.2) is 0 Å². The Kier molecular flexibility index (Phi) is 5.56. The zero-order valence-electron chi connectivity index (χ0n) is 7.16. The number of rotatable bonds is 4. The van der Waals surface area contributed by atoms with E-state index >= 15 is 0 Å². The van der Waals surface area contributed by atoms with Crippen LogP contribution in [0.4, 0.5) is 4.79 Å². The van der Waals surface area contributed by atoms with Crippen LogP contribution >= 0.6 is 0 Å². The summed E-state index contributed by atoms with van der Waals surface area (Å²) in [6.07, 6.45) is -0.357. The highest BCUT2D eigenvalue weighted by molar-refractivity contribution is 5.67. The Bertz CT molecular complexity index is 116. The molecule has 4 nitrogen and oxygen atoms in total. The summed E-state index contributed by atoms with van der Waals surface area (Å²) in [5, 5.41) is 0. The average Bonchev–Trinajstić information content (AvgIpc) is 2.00. The highest BCUT2D eigenvalue weighted by Crippen LogP contribution is 1.91. The molecule has 0 rings (SSSR count). The predicted octanol–water partition coefficient (Wildman–Crippen LogP) is 0.883. The molecule has 0 aliphatic rings. The molecule has 0 aromatic heterocycles. The van der Waals surface area contributed by atoms with Gasteiger partial charge in [0.2, 0.25) is 0 Å². The Morgan fingerprint density at radius 3 is 2.73 bits per heavy atom. The summed E-state index contributed by atoms with van der Waals surface area (Å²) in [4.78, 5) is 12.3. The molecule has 0 aliphatic heterocycles. The molecule has 0 saturated heterocycles. The van der Waals surface area contributed by atoms with Crippen LogP contribution in [0.1, 0.15) is 6.92 Å². The summed E-state index contributed by atoms with van der Waals surface area (Å²) < 4.78 is 9.39. The molecule has 0 atom stereocenters. The SMILES string of the molecule is C[CH]OC(=O)N(C)CCOC. The van der Waals surface area contributed by atoms with Crippen molar-refractivity contribution in [3.63, 3.8) is 0 Å². The van der Waals surface area contributed by atoms with Crippen LogP contribution < -0.4 is 0 Å². The van der Waals surface area contributed by atoms with E-state index in [0.29, 0.717) is 13.2 Å². The fourth-order valence-electron chi connectivity index (χ4n) is 0.510. The van der Waals surface area contributed by atoms with Gasteiger partial charge in [0.25, 0.3) is 0 Å². The number of amides is 1. The molecule has 11 heavy (non-hydrogen) atoms. The molecule has 0 spiro atoms. The summed E-state index contributed by atoms with van der Waals surface area (Å²) in [7, 11) is 3.25. The quantitative estimate of drug-likeness (QED) is 0.612. The van der Waals surface area contributed by atoms with Crippen molar-refractivity contribution >= 4 is 6.09 Å². The number of methoxy groups -OCH3 is 1. The summed E-state index contributed by atoms with van der Waals surface area (Å²) >= 11 is 0. The van der Waals surface area contributed by atoms with Crippen molar-refractivity contribution in [2.75, 3.05) is 27.3 Å². The summed E-state index contributed by atoms with van der Waals surface area (Å²) in [6, 6.07) is 0. The van der Waals surface area contributed by atoms with E-state index in [1.54, 1.807) is 21.1 Å². The van der Waals surface area contributed by atoms with Gasteiger partial charge >= 0.3 is 6.09 Å². The van der Waals surface area contributed by atoms with Crippen molar-refractivity contribution in [3.8, 4) is 0 Å². The molecule has 0 aromatic carbocycles. The lowest BCUT2D eigenvalue weighted by Crippen LogP contribution is -2.29. The first-order valence-corrected chi connectivity index (χ1v) is 3.41. The Morgan fingerprint density at radius 2 is 2.27 bits per heavy atom. The van der Waals surface area contributed by atoms with Crippen LogP contribution in [0.25, 0.3) is 0 Å². The summed E-state index contributed by atoms with van der Waals surface area (Å²) in [6.45, 7) is 4.08. The van der Waals surface area contributed by atoms with Crippen LogP contribution in [0.3, 0.4) is 0 Å². The van der Waals surface area contributed by atoms with Gasteiger partial charge in [0.15, 0.2) is 0 Å². The average molecular weight is 160 g/mol. The maximum absolute atomic E-state index is 10.9. The zero-order chi connectivity index (χ0) is 8.69. The van der Waals surface area contributed by atoms with Gasteiger partial charge < -0.3 is 14.4 Å². The number of hydrogen-bond donors (Lipinski definition) is 0. The minimum atomic E-state index is -0.357. The van der Waals surface area contributed by atoms with Gasteiger partial charge in [-0.15, -0.1) is 0 Å². The molecule has 0 bridgehead atoms. The van der Waals surface area contributed by atoms with Gasteiger partial charge in [-0.05, 0) is 6.92 Å². The lowest BCUT2D eigenvalue weighted by molar-refractivity contribution is 0.116. The molecule has 0 unspecified atom stereocenters. The lowest BCUT2D eigenvalue weighted by atomic mass is 10.6. The normalized spacial score (nSPS) is 9.36. The standard InChI is InChI=1S/C7H14NO3/c1-4-11-7(9)8(2)5-6-10-3/h4H,5-6H2,1-3H3. The van der Waals surface area contributed by atoms with Crippen molar-refractivity contribution in [2.45, 2.75) is 6.92 Å². The van der Waals surface area contributed by atoms with E-state index in [-0.39, 0.29) is 6.09 Å². The topological polar surface area (TPSA) is 38.8 Å². The van der Waals surface area contributed by atoms with Gasteiger partial charge in [-0.2, -0.15) is 0 Å². The van der Waals surface area contributed by atoms with Gasteiger partial charge in [-0.1, -0.05) is 0 Å². The minimum Gasteiger partial charge on any atom is -0.442 e. The Labute approximate surface area is 67.1 Å². The third-order valence-electron chi connectivity index (χ3n) is 1.16. The second kappa shape index (κ2) is 5.97. The Hall–Kier alpha value is -0.770. The van der Waals surface area contributed by atoms with Crippen LogP contribution in [0.2, 0.25) is 0 Å². The van der Waals surface area contributed by atoms with Crippen LogP contribution in [0.5, 0.6) is 0 Å². The van der Waals surface area contributed by atoms with E-state index in [0.717, 1.165) is 0 Å². The first kappa shape index (κ1) is 10.2. The minimum absolute atomic E-state index is 0.357. The Morgan fingerprint density at radius 1 is 1.64 bits per heavy atom. The van der Waals surface area contributed by atoms with E-state index in [2.05, 4.69) is 4.74 Å². The van der Waals surface area contributed by atoms with Crippen molar-refractivity contribution in [2.24, 2.45) is 0 Å². The molecule has 0 fully saturated rings. The number of carbonyl (C=O) groups excluding carboxylic acids is 1. The molecule has 0 aromatic rings. The fraction of sp³-hybridized carbons (Fsp3) is 0.714. The van der Waals surface area contributed by atoms with Gasteiger partial charge in [-0.25, -0.2) is 4.79 Å².